The number of nitrogens with two attached hydrogens (primary N) is 1. The molecule has 0 fully saturated rings. The minimum absolute atomic E-state index is 0.370. The Morgan fingerprint density at radius 1 is 1.16 bits per heavy atom. The highest BCUT2D eigenvalue weighted by Gasteiger charge is 2.12. The molecule has 3 nitrogen and oxygen atoms in total. The molecule has 0 aliphatic heterocycles. The molecule has 0 unspecified atom stereocenters. The maximum Gasteiger partial charge on any atom is 0.161 e. The molecule has 0 saturated heterocycles. The van der Waals surface area contributed by atoms with Gasteiger partial charge in [0.25, 0.3) is 0 Å². The summed E-state index contributed by atoms with van der Waals surface area (Å²) in [6.45, 7) is 1.89. The van der Waals surface area contributed by atoms with Crippen molar-refractivity contribution in [1.29, 1.82) is 0 Å². The minimum Gasteiger partial charge on any atom is -0.398 e. The fourth-order valence-electron chi connectivity index (χ4n) is 2.02. The maximum absolute atomic E-state index is 13.2. The largest absolute Gasteiger partial charge is 0.398 e. The van der Waals surface area contributed by atoms with E-state index in [1.165, 1.54) is 0 Å². The summed E-state index contributed by atoms with van der Waals surface area (Å²) in [6, 6.07) is 7.72. The molecule has 3 N–H and O–H groups in total. The number of rotatable bonds is 1. The quantitative estimate of drug-likeness (QED) is 0.658. The molecule has 0 aliphatic carbocycles. The van der Waals surface area contributed by atoms with Crippen molar-refractivity contribution in [3.63, 3.8) is 0 Å². The third-order valence-corrected chi connectivity index (χ3v) is 3.10. The van der Waals surface area contributed by atoms with Crippen LogP contribution < -0.4 is 5.73 Å². The van der Waals surface area contributed by atoms with Gasteiger partial charge in [0, 0.05) is 23.4 Å². The number of nitrogens with one attached hydrogen (secondary N) is 1. The first-order valence-corrected chi connectivity index (χ1v) is 5.76. The first kappa shape index (κ1) is 11.6. The Bertz CT molecular complexity index is 739. The van der Waals surface area contributed by atoms with Crippen molar-refractivity contribution in [2.75, 3.05) is 5.73 Å². The summed E-state index contributed by atoms with van der Waals surface area (Å²) in [7, 11) is 0. The zero-order valence-corrected chi connectivity index (χ0v) is 10.2. The van der Waals surface area contributed by atoms with Gasteiger partial charge in [0.15, 0.2) is 11.6 Å². The number of para-hydroxylation sites is 1. The zero-order valence-electron chi connectivity index (χ0n) is 10.2. The summed E-state index contributed by atoms with van der Waals surface area (Å²) < 4.78 is 26.3. The van der Waals surface area contributed by atoms with Gasteiger partial charge in [0.2, 0.25) is 0 Å². The fourth-order valence-corrected chi connectivity index (χ4v) is 2.02. The van der Waals surface area contributed by atoms with Crippen LogP contribution in [0.1, 0.15) is 5.56 Å². The van der Waals surface area contributed by atoms with Gasteiger partial charge in [0.1, 0.15) is 5.82 Å². The van der Waals surface area contributed by atoms with E-state index in [1.54, 1.807) is 0 Å². The lowest BCUT2D eigenvalue weighted by Crippen LogP contribution is -1.94. The summed E-state index contributed by atoms with van der Waals surface area (Å²) in [4.78, 5) is 7.19. The van der Waals surface area contributed by atoms with Gasteiger partial charge < -0.3 is 10.7 Å². The van der Waals surface area contributed by atoms with Crippen LogP contribution >= 0.6 is 0 Å². The van der Waals surface area contributed by atoms with E-state index >= 15 is 0 Å². The second kappa shape index (κ2) is 4.05. The monoisotopic (exact) mass is 259 g/mol. The van der Waals surface area contributed by atoms with E-state index < -0.39 is 11.6 Å². The number of aromatic nitrogens is 2. The van der Waals surface area contributed by atoms with Crippen LogP contribution in [0.2, 0.25) is 0 Å². The van der Waals surface area contributed by atoms with Gasteiger partial charge in [0.05, 0.1) is 11.0 Å². The van der Waals surface area contributed by atoms with Crippen LogP contribution in [0.15, 0.2) is 30.3 Å². The van der Waals surface area contributed by atoms with Crippen LogP contribution in [0.5, 0.6) is 0 Å². The van der Waals surface area contributed by atoms with Crippen LogP contribution in [0, 0.1) is 18.6 Å². The van der Waals surface area contributed by atoms with Crippen LogP contribution in [0.25, 0.3) is 22.4 Å². The highest BCUT2D eigenvalue weighted by Crippen LogP contribution is 2.28. The Balaban J connectivity index is 2.23. The number of hydrogen-bond donors (Lipinski definition) is 2. The lowest BCUT2D eigenvalue weighted by Gasteiger charge is -2.04. The van der Waals surface area contributed by atoms with E-state index in [2.05, 4.69) is 9.97 Å². The van der Waals surface area contributed by atoms with Gasteiger partial charge >= 0.3 is 0 Å². The first-order chi connectivity index (χ1) is 9.06. The number of imidazole rings is 1. The Morgan fingerprint density at radius 2 is 1.89 bits per heavy atom. The molecule has 1 heterocycles. The number of nitrogen functional groups attached to an aromatic ring is 1. The van der Waals surface area contributed by atoms with Crippen molar-refractivity contribution in [2.24, 2.45) is 0 Å². The van der Waals surface area contributed by atoms with E-state index in [0.717, 1.165) is 23.3 Å². The van der Waals surface area contributed by atoms with Crippen LogP contribution in [0.4, 0.5) is 14.5 Å². The van der Waals surface area contributed by atoms with Gasteiger partial charge in [-0.25, -0.2) is 13.8 Å². The number of benzene rings is 2. The van der Waals surface area contributed by atoms with Crippen LogP contribution in [-0.2, 0) is 0 Å². The average Bonchev–Trinajstić information content (AvgIpc) is 2.76. The van der Waals surface area contributed by atoms with Crippen molar-refractivity contribution in [3.8, 4) is 11.4 Å². The van der Waals surface area contributed by atoms with E-state index in [-0.39, 0.29) is 0 Å². The second-order valence-electron chi connectivity index (χ2n) is 4.41. The number of aromatic amines is 1. The molecule has 0 amide bonds. The average molecular weight is 259 g/mol. The number of fused-ring (bicyclic) bond motifs is 1. The molecule has 0 atom stereocenters. The van der Waals surface area contributed by atoms with Crippen molar-refractivity contribution < 1.29 is 8.78 Å². The first-order valence-electron chi connectivity index (χ1n) is 5.76. The SMILES string of the molecule is Cc1cccc(-c2nc3cc(F)c(F)cc3[nH]2)c1N. The van der Waals surface area contributed by atoms with Crippen molar-refractivity contribution in [1.82, 2.24) is 9.97 Å². The third kappa shape index (κ3) is 1.83. The summed E-state index contributed by atoms with van der Waals surface area (Å²) >= 11 is 0. The molecule has 3 rings (SSSR count). The predicted molar refractivity (Wildman–Crippen MR) is 70.6 cm³/mol. The van der Waals surface area contributed by atoms with Gasteiger partial charge in [-0.1, -0.05) is 12.1 Å². The maximum atomic E-state index is 13.2. The minimum atomic E-state index is -0.914. The van der Waals surface area contributed by atoms with Crippen LogP contribution in [-0.4, -0.2) is 9.97 Å². The normalized spacial score (nSPS) is 11.1. The van der Waals surface area contributed by atoms with E-state index in [4.69, 9.17) is 5.73 Å². The lowest BCUT2D eigenvalue weighted by atomic mass is 10.1. The number of nitrogens with zero attached hydrogens (tertiary/aromatic N) is 1. The van der Waals surface area contributed by atoms with Gasteiger partial charge in [-0.2, -0.15) is 0 Å². The van der Waals surface area contributed by atoms with E-state index in [0.29, 0.717) is 22.5 Å². The summed E-state index contributed by atoms with van der Waals surface area (Å²) in [5, 5.41) is 0. The molecular weight excluding hydrogens is 248 g/mol. The number of halogens is 2. The summed E-state index contributed by atoms with van der Waals surface area (Å²) in [5.74, 6) is -1.32. The number of aryl methyl sites for hydroxylation is 1. The topological polar surface area (TPSA) is 54.7 Å². The second-order valence-corrected chi connectivity index (χ2v) is 4.41. The highest BCUT2D eigenvalue weighted by atomic mass is 19.2. The molecule has 0 spiro atoms. The summed E-state index contributed by atoms with van der Waals surface area (Å²) in [5.41, 5.74) is 9.04. The van der Waals surface area contributed by atoms with Gasteiger partial charge in [-0.15, -0.1) is 0 Å². The zero-order chi connectivity index (χ0) is 13.6. The Labute approximate surface area is 108 Å². The number of anilines is 1. The molecule has 0 radical (unpaired) electrons. The molecular formula is C14H11F2N3. The number of H-pyrrole nitrogens is 1. The molecule has 0 saturated carbocycles. The van der Waals surface area contributed by atoms with Crippen molar-refractivity contribution >= 4 is 16.7 Å². The van der Waals surface area contributed by atoms with E-state index in [1.807, 2.05) is 25.1 Å². The molecule has 19 heavy (non-hydrogen) atoms. The molecule has 2 aromatic carbocycles. The molecule has 3 aromatic rings. The van der Waals surface area contributed by atoms with Gasteiger partial charge in [-0.05, 0) is 18.6 Å². The van der Waals surface area contributed by atoms with Crippen molar-refractivity contribution in [2.45, 2.75) is 6.92 Å². The van der Waals surface area contributed by atoms with Crippen LogP contribution in [0.3, 0.4) is 0 Å². The Kier molecular flexibility index (Phi) is 2.48. The van der Waals surface area contributed by atoms with Gasteiger partial charge in [-0.3, -0.25) is 0 Å². The predicted octanol–water partition coefficient (Wildman–Crippen LogP) is 3.40. The smallest absolute Gasteiger partial charge is 0.161 e. The number of hydrogen-bond acceptors (Lipinski definition) is 2. The summed E-state index contributed by atoms with van der Waals surface area (Å²) in [6.07, 6.45) is 0. The molecule has 1 aromatic heterocycles. The Hall–Kier alpha value is -2.43. The van der Waals surface area contributed by atoms with E-state index in [9.17, 15) is 8.78 Å². The third-order valence-electron chi connectivity index (χ3n) is 3.10. The molecule has 0 bridgehead atoms. The molecule has 5 heteroatoms. The van der Waals surface area contributed by atoms with Crippen molar-refractivity contribution in [3.05, 3.63) is 47.5 Å². The molecule has 96 valence electrons. The highest BCUT2D eigenvalue weighted by molar-refractivity contribution is 5.83. The standard InChI is InChI=1S/C14H11F2N3/c1-7-3-2-4-8(13(7)17)14-18-11-5-9(15)10(16)6-12(11)19-14/h2-6H,17H2,1H3,(H,18,19). The lowest BCUT2D eigenvalue weighted by molar-refractivity contribution is 0.510. The Morgan fingerprint density at radius 3 is 2.68 bits per heavy atom. The fraction of sp³-hybridized carbons (Fsp3) is 0.0714. The molecule has 0 aliphatic rings.